The van der Waals surface area contributed by atoms with Gasteiger partial charge in [-0.1, -0.05) is 6.07 Å². The van der Waals surface area contributed by atoms with Crippen LogP contribution in [0.1, 0.15) is 21.5 Å². The van der Waals surface area contributed by atoms with Crippen molar-refractivity contribution in [3.63, 3.8) is 0 Å². The van der Waals surface area contributed by atoms with Gasteiger partial charge in [-0.05, 0) is 43.2 Å². The van der Waals surface area contributed by atoms with E-state index in [-0.39, 0.29) is 11.6 Å². The molecule has 164 valence electrons. The van der Waals surface area contributed by atoms with Gasteiger partial charge in [0.25, 0.3) is 11.6 Å². The second-order valence-corrected chi connectivity index (χ2v) is 8.11. The van der Waals surface area contributed by atoms with E-state index >= 15 is 0 Å². The molecule has 8 nitrogen and oxygen atoms in total. The number of nitrogens with zero attached hydrogens (tertiary/aromatic N) is 4. The lowest BCUT2D eigenvalue weighted by Crippen LogP contribution is -2.49. The predicted octanol–water partition coefficient (Wildman–Crippen LogP) is 3.01. The number of carbonyl (C=O) groups excluding carboxylic acids is 1. The Hall–Kier alpha value is -3.13. The van der Waals surface area contributed by atoms with Crippen molar-refractivity contribution in [1.82, 2.24) is 4.90 Å². The van der Waals surface area contributed by atoms with Gasteiger partial charge in [-0.2, -0.15) is 0 Å². The first-order valence-corrected chi connectivity index (χ1v) is 10.7. The molecule has 2 heterocycles. The number of ether oxygens (including phenoxy) is 1. The molecular formula is C23H28N4O4. The van der Waals surface area contributed by atoms with Gasteiger partial charge >= 0.3 is 0 Å². The summed E-state index contributed by atoms with van der Waals surface area (Å²) in [6.45, 7) is 9.32. The second-order valence-electron chi connectivity index (χ2n) is 8.11. The minimum absolute atomic E-state index is 0.0610. The summed E-state index contributed by atoms with van der Waals surface area (Å²) >= 11 is 0. The summed E-state index contributed by atoms with van der Waals surface area (Å²) in [6.07, 6.45) is 0. The molecule has 0 aromatic heterocycles. The maximum atomic E-state index is 13.4. The van der Waals surface area contributed by atoms with Crippen molar-refractivity contribution in [3.8, 4) is 0 Å². The second kappa shape index (κ2) is 8.93. The Morgan fingerprint density at radius 3 is 2.26 bits per heavy atom. The van der Waals surface area contributed by atoms with Crippen LogP contribution in [-0.4, -0.2) is 68.2 Å². The summed E-state index contributed by atoms with van der Waals surface area (Å²) < 4.78 is 5.42. The Bertz CT molecular complexity index is 980. The Morgan fingerprint density at radius 2 is 1.61 bits per heavy atom. The highest BCUT2D eigenvalue weighted by molar-refractivity contribution is 6.00. The van der Waals surface area contributed by atoms with Crippen molar-refractivity contribution in [3.05, 3.63) is 63.2 Å². The number of nitro groups is 1. The topological polar surface area (TPSA) is 79.2 Å². The molecule has 2 fully saturated rings. The van der Waals surface area contributed by atoms with Crippen molar-refractivity contribution in [2.75, 3.05) is 62.3 Å². The molecule has 8 heteroatoms. The molecule has 0 N–H and O–H groups in total. The van der Waals surface area contributed by atoms with Crippen LogP contribution >= 0.6 is 0 Å². The van der Waals surface area contributed by atoms with Gasteiger partial charge in [0.1, 0.15) is 0 Å². The molecule has 0 atom stereocenters. The largest absolute Gasteiger partial charge is 0.378 e. The molecule has 2 aromatic carbocycles. The molecule has 2 aliphatic heterocycles. The van der Waals surface area contributed by atoms with E-state index in [1.165, 1.54) is 28.9 Å². The number of amides is 1. The van der Waals surface area contributed by atoms with Gasteiger partial charge in [0, 0.05) is 57.1 Å². The van der Waals surface area contributed by atoms with Crippen LogP contribution in [0.25, 0.3) is 0 Å². The van der Waals surface area contributed by atoms with Crippen LogP contribution in [0.4, 0.5) is 17.1 Å². The number of rotatable bonds is 4. The summed E-state index contributed by atoms with van der Waals surface area (Å²) in [4.78, 5) is 30.5. The average molecular weight is 425 g/mol. The van der Waals surface area contributed by atoms with Crippen LogP contribution in [0.2, 0.25) is 0 Å². The Morgan fingerprint density at radius 1 is 0.903 bits per heavy atom. The number of nitro benzene ring substituents is 1. The van der Waals surface area contributed by atoms with Crippen molar-refractivity contribution < 1.29 is 14.5 Å². The molecule has 0 aliphatic carbocycles. The molecule has 0 bridgehead atoms. The van der Waals surface area contributed by atoms with Crippen LogP contribution in [0.3, 0.4) is 0 Å². The van der Waals surface area contributed by atoms with E-state index < -0.39 is 4.92 Å². The Balaban J connectivity index is 1.53. The zero-order valence-electron chi connectivity index (χ0n) is 18.0. The highest BCUT2D eigenvalue weighted by atomic mass is 16.6. The number of aryl methyl sites for hydroxylation is 2. The first kappa shape index (κ1) is 21.1. The number of carbonyl (C=O) groups is 1. The Kier molecular flexibility index (Phi) is 6.08. The highest BCUT2D eigenvalue weighted by Crippen LogP contribution is 2.28. The van der Waals surface area contributed by atoms with E-state index in [9.17, 15) is 14.9 Å². The third kappa shape index (κ3) is 4.49. The predicted molar refractivity (Wildman–Crippen MR) is 120 cm³/mol. The third-order valence-electron chi connectivity index (χ3n) is 6.20. The molecule has 31 heavy (non-hydrogen) atoms. The van der Waals surface area contributed by atoms with E-state index in [1.807, 2.05) is 0 Å². The van der Waals surface area contributed by atoms with Gasteiger partial charge in [-0.25, -0.2) is 0 Å². The number of piperazine rings is 1. The van der Waals surface area contributed by atoms with Crippen molar-refractivity contribution in [2.24, 2.45) is 0 Å². The van der Waals surface area contributed by atoms with Gasteiger partial charge in [0.05, 0.1) is 29.4 Å². The number of anilines is 2. The van der Waals surface area contributed by atoms with E-state index in [4.69, 9.17) is 4.74 Å². The number of non-ortho nitro benzene ring substituents is 1. The minimum Gasteiger partial charge on any atom is -0.378 e. The van der Waals surface area contributed by atoms with Crippen molar-refractivity contribution in [2.45, 2.75) is 13.8 Å². The fraction of sp³-hybridized carbons (Fsp3) is 0.435. The zero-order valence-corrected chi connectivity index (χ0v) is 18.0. The first-order chi connectivity index (χ1) is 14.9. The molecule has 2 saturated heterocycles. The first-order valence-electron chi connectivity index (χ1n) is 10.7. The van der Waals surface area contributed by atoms with E-state index in [2.05, 4.69) is 41.8 Å². The molecule has 0 unspecified atom stereocenters. The average Bonchev–Trinajstić information content (AvgIpc) is 2.80. The van der Waals surface area contributed by atoms with Gasteiger partial charge in [-0.15, -0.1) is 0 Å². The smallest absolute Gasteiger partial charge is 0.270 e. The summed E-state index contributed by atoms with van der Waals surface area (Å²) in [6, 6.07) is 11.0. The van der Waals surface area contributed by atoms with Crippen LogP contribution < -0.4 is 9.80 Å². The van der Waals surface area contributed by atoms with E-state index in [0.717, 1.165) is 18.8 Å². The summed E-state index contributed by atoms with van der Waals surface area (Å²) in [5, 5.41) is 11.3. The summed E-state index contributed by atoms with van der Waals surface area (Å²) in [7, 11) is 0. The van der Waals surface area contributed by atoms with Crippen LogP contribution in [0, 0.1) is 24.0 Å². The molecule has 4 rings (SSSR count). The standard InChI is InChI=1S/C23H28N4O4/c1-17-3-4-19(15-18(17)2)24-7-9-26(10-8-24)23(28)21-16-20(27(29)30)5-6-22(21)25-11-13-31-14-12-25/h3-6,15-16H,7-14H2,1-2H3. The number of benzene rings is 2. The lowest BCUT2D eigenvalue weighted by Gasteiger charge is -2.37. The minimum atomic E-state index is -0.447. The normalized spacial score (nSPS) is 17.0. The summed E-state index contributed by atoms with van der Waals surface area (Å²) in [5.74, 6) is -0.148. The maximum Gasteiger partial charge on any atom is 0.270 e. The van der Waals surface area contributed by atoms with Crippen molar-refractivity contribution in [1.29, 1.82) is 0 Å². The number of hydrogen-bond donors (Lipinski definition) is 0. The quantitative estimate of drug-likeness (QED) is 0.555. The zero-order chi connectivity index (χ0) is 22.0. The highest BCUT2D eigenvalue weighted by Gasteiger charge is 2.28. The van der Waals surface area contributed by atoms with E-state index in [1.54, 1.807) is 11.0 Å². The van der Waals surface area contributed by atoms with Gasteiger partial charge in [0.15, 0.2) is 0 Å². The number of hydrogen-bond acceptors (Lipinski definition) is 6. The fourth-order valence-electron chi connectivity index (χ4n) is 4.15. The fourth-order valence-corrected chi connectivity index (χ4v) is 4.15. The molecule has 2 aliphatic rings. The van der Waals surface area contributed by atoms with Crippen LogP contribution in [0.5, 0.6) is 0 Å². The Labute approximate surface area is 182 Å². The third-order valence-corrected chi connectivity index (χ3v) is 6.20. The van der Waals surface area contributed by atoms with E-state index in [0.29, 0.717) is 45.0 Å². The molecular weight excluding hydrogens is 396 g/mol. The van der Waals surface area contributed by atoms with Gasteiger partial charge in [-0.3, -0.25) is 14.9 Å². The molecule has 0 saturated carbocycles. The SMILES string of the molecule is Cc1ccc(N2CCN(C(=O)c3cc([N+](=O)[O-])ccc3N3CCOCC3)CC2)cc1C. The monoisotopic (exact) mass is 424 g/mol. The molecule has 1 amide bonds. The number of morpholine rings is 1. The molecule has 0 spiro atoms. The lowest BCUT2D eigenvalue weighted by atomic mass is 10.1. The van der Waals surface area contributed by atoms with Crippen molar-refractivity contribution >= 4 is 23.0 Å². The molecule has 2 aromatic rings. The van der Waals surface area contributed by atoms with Gasteiger partial charge < -0.3 is 19.4 Å². The lowest BCUT2D eigenvalue weighted by molar-refractivity contribution is -0.384. The van der Waals surface area contributed by atoms with Crippen LogP contribution in [0.15, 0.2) is 36.4 Å². The van der Waals surface area contributed by atoms with Crippen LogP contribution in [-0.2, 0) is 4.74 Å². The molecule has 0 radical (unpaired) electrons. The summed E-state index contributed by atoms with van der Waals surface area (Å²) in [5.41, 5.74) is 4.77. The van der Waals surface area contributed by atoms with Gasteiger partial charge in [0.2, 0.25) is 0 Å². The maximum absolute atomic E-state index is 13.4.